The number of esters is 1. The predicted molar refractivity (Wildman–Crippen MR) is 80.8 cm³/mol. The smallest absolute Gasteiger partial charge is 0.427 e. The lowest BCUT2D eigenvalue weighted by Crippen LogP contribution is -2.41. The van der Waals surface area contributed by atoms with Gasteiger partial charge in [0, 0.05) is 6.92 Å². The third-order valence-corrected chi connectivity index (χ3v) is 4.09. The van der Waals surface area contributed by atoms with Crippen LogP contribution in [0.3, 0.4) is 0 Å². The minimum atomic E-state index is -0.505. The Morgan fingerprint density at radius 3 is 2.05 bits per heavy atom. The molecule has 1 aromatic carbocycles. The van der Waals surface area contributed by atoms with Gasteiger partial charge in [-0.1, -0.05) is 12.1 Å². The molecule has 0 radical (unpaired) electrons. The quantitative estimate of drug-likeness (QED) is 0.525. The van der Waals surface area contributed by atoms with Gasteiger partial charge in [-0.05, 0) is 45.4 Å². The van der Waals surface area contributed by atoms with E-state index in [1.807, 2.05) is 39.8 Å². The van der Waals surface area contributed by atoms with Crippen molar-refractivity contribution >= 4 is 13.1 Å². The van der Waals surface area contributed by atoms with Gasteiger partial charge in [-0.3, -0.25) is 4.79 Å². The summed E-state index contributed by atoms with van der Waals surface area (Å²) in [6.07, 6.45) is 0. The molecule has 0 bridgehead atoms. The zero-order chi connectivity index (χ0) is 15.8. The third-order valence-electron chi connectivity index (χ3n) is 4.09. The van der Waals surface area contributed by atoms with E-state index in [-0.39, 0.29) is 5.97 Å². The SMILES string of the molecule is CC(=O)Oc1ccc([C@H](N)B2OC(C)(C)C(C)(C)O2)cc1. The summed E-state index contributed by atoms with van der Waals surface area (Å²) in [5.74, 6) is -0.261. The highest BCUT2D eigenvalue weighted by Gasteiger charge is 2.53. The Labute approximate surface area is 125 Å². The van der Waals surface area contributed by atoms with Gasteiger partial charge < -0.3 is 19.8 Å². The molecular weight excluding hydrogens is 269 g/mol. The second-order valence-corrected chi connectivity index (χ2v) is 6.31. The van der Waals surface area contributed by atoms with Crippen molar-refractivity contribution in [3.05, 3.63) is 29.8 Å². The maximum atomic E-state index is 10.9. The zero-order valence-electron chi connectivity index (χ0n) is 13.2. The van der Waals surface area contributed by atoms with Crippen LogP contribution in [0.5, 0.6) is 5.75 Å². The highest BCUT2D eigenvalue weighted by atomic mass is 16.7. The van der Waals surface area contributed by atoms with Crippen LogP contribution in [0.2, 0.25) is 0 Å². The van der Waals surface area contributed by atoms with E-state index in [1.165, 1.54) is 6.92 Å². The number of carbonyl (C=O) groups is 1. The molecule has 21 heavy (non-hydrogen) atoms. The molecule has 2 rings (SSSR count). The van der Waals surface area contributed by atoms with Crippen molar-refractivity contribution in [2.45, 2.75) is 51.8 Å². The molecule has 1 fully saturated rings. The summed E-state index contributed by atoms with van der Waals surface area (Å²) >= 11 is 0. The molecule has 1 heterocycles. The van der Waals surface area contributed by atoms with E-state index < -0.39 is 24.3 Å². The van der Waals surface area contributed by atoms with Crippen molar-refractivity contribution in [3.8, 4) is 5.75 Å². The predicted octanol–water partition coefficient (Wildman–Crippen LogP) is 2.24. The van der Waals surface area contributed by atoms with Crippen LogP contribution in [-0.2, 0) is 14.1 Å². The summed E-state index contributed by atoms with van der Waals surface area (Å²) in [5.41, 5.74) is 6.28. The second-order valence-electron chi connectivity index (χ2n) is 6.31. The van der Waals surface area contributed by atoms with Crippen LogP contribution in [0.25, 0.3) is 0 Å². The van der Waals surface area contributed by atoms with Gasteiger partial charge in [-0.15, -0.1) is 0 Å². The molecule has 0 amide bonds. The van der Waals surface area contributed by atoms with E-state index in [2.05, 4.69) is 0 Å². The summed E-state index contributed by atoms with van der Waals surface area (Å²) in [7, 11) is -0.505. The average molecular weight is 291 g/mol. The number of carbonyl (C=O) groups excluding carboxylic acids is 1. The molecule has 1 aliphatic heterocycles. The van der Waals surface area contributed by atoms with Crippen LogP contribution in [0.1, 0.15) is 46.1 Å². The fourth-order valence-corrected chi connectivity index (χ4v) is 2.12. The molecule has 5 nitrogen and oxygen atoms in total. The molecular formula is C15H22BNO4. The first-order valence-corrected chi connectivity index (χ1v) is 7.02. The molecule has 0 aliphatic carbocycles. The maximum Gasteiger partial charge on any atom is 0.480 e. The van der Waals surface area contributed by atoms with E-state index in [4.69, 9.17) is 19.8 Å². The van der Waals surface area contributed by atoms with Crippen LogP contribution < -0.4 is 10.5 Å². The molecule has 1 saturated heterocycles. The van der Waals surface area contributed by atoms with E-state index in [0.29, 0.717) is 5.75 Å². The van der Waals surface area contributed by atoms with Gasteiger partial charge in [0.2, 0.25) is 0 Å². The van der Waals surface area contributed by atoms with Crippen molar-refractivity contribution in [2.75, 3.05) is 0 Å². The first kappa shape index (κ1) is 16.0. The minimum Gasteiger partial charge on any atom is -0.427 e. The van der Waals surface area contributed by atoms with Gasteiger partial charge in [0.15, 0.2) is 0 Å². The molecule has 114 valence electrons. The second kappa shape index (κ2) is 5.44. The van der Waals surface area contributed by atoms with Gasteiger partial charge in [-0.25, -0.2) is 0 Å². The van der Waals surface area contributed by atoms with Crippen molar-refractivity contribution in [2.24, 2.45) is 5.73 Å². The molecule has 0 spiro atoms. The topological polar surface area (TPSA) is 70.8 Å². The van der Waals surface area contributed by atoms with E-state index in [1.54, 1.807) is 12.1 Å². The maximum absolute atomic E-state index is 10.9. The van der Waals surface area contributed by atoms with E-state index in [9.17, 15) is 4.79 Å². The average Bonchev–Trinajstić information content (AvgIpc) is 2.58. The Balaban J connectivity index is 2.11. The lowest BCUT2D eigenvalue weighted by molar-refractivity contribution is -0.131. The molecule has 0 saturated carbocycles. The first-order valence-electron chi connectivity index (χ1n) is 7.02. The number of ether oxygens (including phenoxy) is 1. The summed E-state index contributed by atoms with van der Waals surface area (Å²) in [4.78, 5) is 10.9. The highest BCUT2D eigenvalue weighted by molar-refractivity contribution is 6.47. The summed E-state index contributed by atoms with van der Waals surface area (Å²) in [6, 6.07) is 7.05. The van der Waals surface area contributed by atoms with Crippen molar-refractivity contribution < 1.29 is 18.8 Å². The monoisotopic (exact) mass is 291 g/mol. The van der Waals surface area contributed by atoms with Crippen LogP contribution >= 0.6 is 0 Å². The van der Waals surface area contributed by atoms with Crippen molar-refractivity contribution in [1.82, 2.24) is 0 Å². The fourth-order valence-electron chi connectivity index (χ4n) is 2.12. The standard InChI is InChI=1S/C15H22BNO4/c1-10(18)19-12-8-6-11(7-9-12)13(17)16-20-14(2,3)15(4,5)21-16/h6-9,13H,17H2,1-5H3/t13-/m0/s1. The van der Waals surface area contributed by atoms with Crippen LogP contribution in [0, 0.1) is 0 Å². The van der Waals surface area contributed by atoms with Gasteiger partial charge in [-0.2, -0.15) is 0 Å². The van der Waals surface area contributed by atoms with Gasteiger partial charge in [0.05, 0.1) is 17.1 Å². The number of hydrogen-bond donors (Lipinski definition) is 1. The van der Waals surface area contributed by atoms with Crippen molar-refractivity contribution in [1.29, 1.82) is 0 Å². The summed E-state index contributed by atoms with van der Waals surface area (Å²) < 4.78 is 16.9. The van der Waals surface area contributed by atoms with E-state index in [0.717, 1.165) is 5.56 Å². The normalized spacial score (nSPS) is 21.1. The van der Waals surface area contributed by atoms with E-state index >= 15 is 0 Å². The molecule has 1 aromatic rings. The number of nitrogens with two attached hydrogens (primary N) is 1. The van der Waals surface area contributed by atoms with Crippen LogP contribution in [0.15, 0.2) is 24.3 Å². The van der Waals surface area contributed by atoms with Gasteiger partial charge in [0.1, 0.15) is 5.75 Å². The molecule has 2 N–H and O–H groups in total. The molecule has 0 unspecified atom stereocenters. The van der Waals surface area contributed by atoms with Crippen LogP contribution in [0.4, 0.5) is 0 Å². The lowest BCUT2D eigenvalue weighted by atomic mass is 9.75. The molecule has 1 aliphatic rings. The van der Waals surface area contributed by atoms with Crippen LogP contribution in [-0.4, -0.2) is 24.3 Å². The molecule has 1 atom stereocenters. The zero-order valence-corrected chi connectivity index (χ0v) is 13.2. The Kier molecular flexibility index (Phi) is 4.15. The fraction of sp³-hybridized carbons (Fsp3) is 0.533. The Morgan fingerprint density at radius 1 is 1.14 bits per heavy atom. The molecule has 0 aromatic heterocycles. The Morgan fingerprint density at radius 2 is 1.62 bits per heavy atom. The van der Waals surface area contributed by atoms with Crippen molar-refractivity contribution in [3.63, 3.8) is 0 Å². The number of hydrogen-bond acceptors (Lipinski definition) is 5. The Hall–Kier alpha value is -1.37. The summed E-state index contributed by atoms with van der Waals surface area (Å²) in [5, 5.41) is 0. The first-order chi connectivity index (χ1) is 9.62. The number of benzene rings is 1. The van der Waals surface area contributed by atoms with Gasteiger partial charge >= 0.3 is 13.1 Å². The third kappa shape index (κ3) is 3.28. The molecule has 6 heteroatoms. The highest BCUT2D eigenvalue weighted by Crippen LogP contribution is 2.39. The van der Waals surface area contributed by atoms with Gasteiger partial charge in [0.25, 0.3) is 0 Å². The largest absolute Gasteiger partial charge is 0.480 e. The Bertz CT molecular complexity index is 511. The number of rotatable bonds is 3. The lowest BCUT2D eigenvalue weighted by Gasteiger charge is -2.32. The summed E-state index contributed by atoms with van der Waals surface area (Å²) in [6.45, 7) is 9.32. The minimum absolute atomic E-state index is 0.349.